The van der Waals surface area contributed by atoms with E-state index in [1.807, 2.05) is 0 Å². The second-order valence-corrected chi connectivity index (χ2v) is 17.7. The third kappa shape index (κ3) is 6.28. The molecule has 4 aromatic heterocycles. The van der Waals surface area contributed by atoms with E-state index in [1.54, 1.807) is 0 Å². The van der Waals surface area contributed by atoms with Crippen molar-refractivity contribution in [3.05, 3.63) is 217 Å². The number of hydrogen-bond acceptors (Lipinski definition) is 4. The van der Waals surface area contributed by atoms with Gasteiger partial charge in [-0.1, -0.05) is 195 Å². The van der Waals surface area contributed by atoms with Crippen LogP contribution in [0.25, 0.3) is 110 Å². The lowest BCUT2D eigenvalue weighted by molar-refractivity contribution is 0.535. The molecule has 4 heterocycles. The van der Waals surface area contributed by atoms with E-state index in [4.69, 9.17) is 19.9 Å². The van der Waals surface area contributed by atoms with Crippen molar-refractivity contribution in [2.24, 2.45) is 0 Å². The molecular formula is C61H42N4. The summed E-state index contributed by atoms with van der Waals surface area (Å²) in [6.45, 7) is 0. The van der Waals surface area contributed by atoms with Crippen molar-refractivity contribution in [2.45, 2.75) is 31.1 Å². The second-order valence-electron chi connectivity index (χ2n) is 17.7. The second kappa shape index (κ2) is 15.0. The molecule has 65 heavy (non-hydrogen) atoms. The first kappa shape index (κ1) is 37.5. The zero-order valence-electron chi connectivity index (χ0n) is 35.7. The van der Waals surface area contributed by atoms with Gasteiger partial charge in [-0.25, -0.2) is 19.9 Å². The summed E-state index contributed by atoms with van der Waals surface area (Å²) in [6, 6.07) is 74.2. The molecule has 0 N–H and O–H groups in total. The predicted octanol–water partition coefficient (Wildman–Crippen LogP) is 15.7. The van der Waals surface area contributed by atoms with E-state index in [0.717, 1.165) is 101 Å². The van der Waals surface area contributed by atoms with Gasteiger partial charge in [0.2, 0.25) is 0 Å². The highest BCUT2D eigenvalue weighted by atomic mass is 14.8. The minimum Gasteiger partial charge on any atom is -0.245 e. The molecule has 0 radical (unpaired) electrons. The Morgan fingerprint density at radius 2 is 0.615 bits per heavy atom. The van der Waals surface area contributed by atoms with Gasteiger partial charge >= 0.3 is 0 Å². The van der Waals surface area contributed by atoms with E-state index in [0.29, 0.717) is 0 Å². The highest BCUT2D eigenvalue weighted by molar-refractivity contribution is 6.07. The third-order valence-corrected chi connectivity index (χ3v) is 14.1. The molecule has 0 saturated heterocycles. The largest absolute Gasteiger partial charge is 0.245 e. The minimum atomic E-state index is -0.0407. The monoisotopic (exact) mass is 830 g/mol. The van der Waals surface area contributed by atoms with Crippen LogP contribution in [0.3, 0.4) is 0 Å². The van der Waals surface area contributed by atoms with Crippen LogP contribution in [0.1, 0.15) is 36.8 Å². The predicted molar refractivity (Wildman–Crippen MR) is 270 cm³/mol. The molecule has 0 amide bonds. The Bertz CT molecular complexity index is 3570. The summed E-state index contributed by atoms with van der Waals surface area (Å²) in [5.74, 6) is 0. The molecule has 0 unspecified atom stereocenters. The van der Waals surface area contributed by atoms with Gasteiger partial charge in [0, 0.05) is 49.2 Å². The van der Waals surface area contributed by atoms with Crippen LogP contribution in [0, 0.1) is 0 Å². The van der Waals surface area contributed by atoms with E-state index in [2.05, 4.69) is 206 Å². The Morgan fingerprint density at radius 3 is 1.03 bits per heavy atom. The molecule has 1 fully saturated rings. The number of benzene rings is 8. The SMILES string of the molecule is c1ccc2c(-c3ccc4ccc5ccc(-c6ccc(C7(c8ccc(-c9ccc%10ccc%11ccc(-c%12cccc%13ccccc%12%13)nc%11c%10n9)cc8)CCCC7)cc6)nc5c4n3)cccc2c1. The maximum absolute atomic E-state index is 5.30. The smallest absolute Gasteiger partial charge is 0.0972 e. The van der Waals surface area contributed by atoms with Crippen LogP contribution in [0.4, 0.5) is 0 Å². The molecule has 12 aromatic rings. The first-order valence-corrected chi connectivity index (χ1v) is 22.7. The zero-order chi connectivity index (χ0) is 42.9. The Labute approximate surface area is 377 Å². The summed E-state index contributed by atoms with van der Waals surface area (Å²) in [6.07, 6.45) is 4.68. The lowest BCUT2D eigenvalue weighted by Crippen LogP contribution is -2.23. The normalized spacial score (nSPS) is 13.7. The average molecular weight is 831 g/mol. The number of fused-ring (bicyclic) bond motifs is 8. The number of pyridine rings is 4. The number of aromatic nitrogens is 4. The zero-order valence-corrected chi connectivity index (χ0v) is 35.7. The van der Waals surface area contributed by atoms with Gasteiger partial charge in [-0.3, -0.25) is 0 Å². The van der Waals surface area contributed by atoms with Crippen molar-refractivity contribution in [3.63, 3.8) is 0 Å². The van der Waals surface area contributed by atoms with E-state index in [1.165, 1.54) is 45.5 Å². The molecule has 4 heteroatoms. The lowest BCUT2D eigenvalue weighted by atomic mass is 9.73. The van der Waals surface area contributed by atoms with Crippen LogP contribution in [0.2, 0.25) is 0 Å². The number of nitrogens with zero attached hydrogens (tertiary/aromatic N) is 4. The number of rotatable bonds is 6. The molecule has 1 aliphatic carbocycles. The molecule has 0 atom stereocenters. The van der Waals surface area contributed by atoms with E-state index >= 15 is 0 Å². The topological polar surface area (TPSA) is 51.6 Å². The molecule has 13 rings (SSSR count). The molecule has 8 aromatic carbocycles. The fraction of sp³-hybridized carbons (Fsp3) is 0.0820. The van der Waals surface area contributed by atoms with Crippen molar-refractivity contribution >= 4 is 65.2 Å². The van der Waals surface area contributed by atoms with Crippen LogP contribution in [0.15, 0.2) is 206 Å². The summed E-state index contributed by atoms with van der Waals surface area (Å²) in [5.41, 5.74) is 14.7. The Morgan fingerprint density at radius 1 is 0.277 bits per heavy atom. The molecule has 1 aliphatic rings. The first-order chi connectivity index (χ1) is 32.1. The van der Waals surface area contributed by atoms with Crippen LogP contribution >= 0.6 is 0 Å². The Kier molecular flexibility index (Phi) is 8.67. The molecule has 4 nitrogen and oxygen atoms in total. The van der Waals surface area contributed by atoms with Crippen LogP contribution in [-0.4, -0.2) is 19.9 Å². The van der Waals surface area contributed by atoms with Gasteiger partial charge in [0.1, 0.15) is 0 Å². The van der Waals surface area contributed by atoms with Gasteiger partial charge in [-0.2, -0.15) is 0 Å². The molecule has 306 valence electrons. The van der Waals surface area contributed by atoms with Gasteiger partial charge in [0.05, 0.1) is 44.8 Å². The summed E-state index contributed by atoms with van der Waals surface area (Å²) < 4.78 is 0. The van der Waals surface area contributed by atoms with Crippen LogP contribution in [0.5, 0.6) is 0 Å². The van der Waals surface area contributed by atoms with Gasteiger partial charge in [-0.15, -0.1) is 0 Å². The standard InChI is InChI=1S/C61H42N4/c1-3-13-49-39(9-1)11-7-15-51(49)55-35-27-45-19-17-43-25-33-53(62-57(43)59(45)64-55)41-21-29-47(30-22-41)61(37-5-6-38-61)48-31-23-42(24-32-48)54-34-26-44-18-20-46-28-36-56(65-60(46)58(44)63-54)52-16-8-12-40-10-2-4-14-50(40)52/h1-4,7-36H,5-6,37-38H2. The molecule has 0 spiro atoms. The van der Waals surface area contributed by atoms with Gasteiger partial charge in [-0.05, 0) is 69.8 Å². The lowest BCUT2D eigenvalue weighted by Gasteiger charge is -2.31. The van der Waals surface area contributed by atoms with Crippen LogP contribution < -0.4 is 0 Å². The van der Waals surface area contributed by atoms with E-state index in [9.17, 15) is 0 Å². The molecule has 1 saturated carbocycles. The molecular weight excluding hydrogens is 789 g/mol. The Hall–Kier alpha value is -8.08. The molecule has 0 aliphatic heterocycles. The fourth-order valence-electron chi connectivity index (χ4n) is 10.7. The third-order valence-electron chi connectivity index (χ3n) is 14.1. The van der Waals surface area contributed by atoms with E-state index < -0.39 is 0 Å². The maximum atomic E-state index is 5.30. The van der Waals surface area contributed by atoms with Gasteiger partial charge in [0.15, 0.2) is 0 Å². The van der Waals surface area contributed by atoms with Crippen molar-refractivity contribution in [2.75, 3.05) is 0 Å². The highest BCUT2D eigenvalue weighted by Crippen LogP contribution is 2.47. The quantitative estimate of drug-likeness (QED) is 0.157. The highest BCUT2D eigenvalue weighted by Gasteiger charge is 2.37. The van der Waals surface area contributed by atoms with Crippen LogP contribution in [-0.2, 0) is 5.41 Å². The fourth-order valence-corrected chi connectivity index (χ4v) is 10.7. The molecule has 0 bridgehead atoms. The van der Waals surface area contributed by atoms with Crippen molar-refractivity contribution < 1.29 is 0 Å². The summed E-state index contributed by atoms with van der Waals surface area (Å²) in [4.78, 5) is 21.2. The summed E-state index contributed by atoms with van der Waals surface area (Å²) >= 11 is 0. The van der Waals surface area contributed by atoms with Crippen molar-refractivity contribution in [3.8, 4) is 45.0 Å². The summed E-state index contributed by atoms with van der Waals surface area (Å²) in [5, 5.41) is 9.17. The minimum absolute atomic E-state index is 0.0407. The van der Waals surface area contributed by atoms with Crippen molar-refractivity contribution in [1.29, 1.82) is 0 Å². The van der Waals surface area contributed by atoms with Crippen molar-refractivity contribution in [1.82, 2.24) is 19.9 Å². The maximum Gasteiger partial charge on any atom is 0.0972 e. The Balaban J connectivity index is 0.821. The average Bonchev–Trinajstić information content (AvgIpc) is 3.89. The summed E-state index contributed by atoms with van der Waals surface area (Å²) in [7, 11) is 0. The van der Waals surface area contributed by atoms with E-state index in [-0.39, 0.29) is 5.41 Å². The first-order valence-electron chi connectivity index (χ1n) is 22.7. The van der Waals surface area contributed by atoms with Gasteiger partial charge < -0.3 is 0 Å². The van der Waals surface area contributed by atoms with Gasteiger partial charge in [0.25, 0.3) is 0 Å². The number of hydrogen-bond donors (Lipinski definition) is 0.